The minimum atomic E-state index is 0.0405. The summed E-state index contributed by atoms with van der Waals surface area (Å²) < 4.78 is 0.846. The predicted molar refractivity (Wildman–Crippen MR) is 91.0 cm³/mol. The number of carbonyl (C=O) groups is 1. The molecule has 0 spiro atoms. The average Bonchev–Trinajstić information content (AvgIpc) is 2.38. The van der Waals surface area contributed by atoms with Crippen molar-refractivity contribution in [3.63, 3.8) is 0 Å². The Morgan fingerprint density at radius 1 is 1.50 bits per heavy atom. The first kappa shape index (κ1) is 16.9. The van der Waals surface area contributed by atoms with Gasteiger partial charge in [0.2, 0.25) is 5.91 Å². The van der Waals surface area contributed by atoms with Gasteiger partial charge in [0.15, 0.2) is 0 Å². The number of thiocarbonyl (C=S) groups is 1. The fraction of sp³-hybridized carbons (Fsp3) is 0.429. The van der Waals surface area contributed by atoms with E-state index in [9.17, 15) is 4.79 Å². The first-order valence-corrected chi connectivity index (χ1v) is 7.77. The van der Waals surface area contributed by atoms with Gasteiger partial charge in [-0.2, -0.15) is 0 Å². The molecule has 4 nitrogen and oxygen atoms in total. The Morgan fingerprint density at radius 2 is 2.20 bits per heavy atom. The Balaban J connectivity index is 2.57. The summed E-state index contributed by atoms with van der Waals surface area (Å²) in [7, 11) is 0. The summed E-state index contributed by atoms with van der Waals surface area (Å²) in [6.45, 7) is 4.57. The fourth-order valence-corrected chi connectivity index (χ4v) is 2.61. The lowest BCUT2D eigenvalue weighted by Gasteiger charge is -2.14. The zero-order valence-electron chi connectivity index (χ0n) is 11.7. The van der Waals surface area contributed by atoms with Crippen molar-refractivity contribution in [1.29, 1.82) is 0 Å². The summed E-state index contributed by atoms with van der Waals surface area (Å²) in [6, 6.07) is 5.88. The van der Waals surface area contributed by atoms with Crippen molar-refractivity contribution in [2.45, 2.75) is 32.7 Å². The Labute approximate surface area is 133 Å². The molecule has 1 aromatic rings. The van der Waals surface area contributed by atoms with E-state index >= 15 is 0 Å². The van der Waals surface area contributed by atoms with Crippen LogP contribution >= 0.6 is 28.1 Å². The van der Waals surface area contributed by atoms with E-state index in [-0.39, 0.29) is 11.9 Å². The number of nitrogens with one attached hydrogen (secondary N) is 2. The van der Waals surface area contributed by atoms with Crippen molar-refractivity contribution in [2.24, 2.45) is 5.73 Å². The third-order valence-electron chi connectivity index (χ3n) is 2.95. The molecule has 1 unspecified atom stereocenters. The number of nitrogens with two attached hydrogens (primary N) is 1. The molecule has 0 heterocycles. The molecule has 1 atom stereocenters. The standard InChI is InChI=1S/C14H20BrN3OS/c1-3-9(2)18-12(19)7-8-17-11-6-4-5-10(15)13(11)14(16)20/h4-6,9,17H,3,7-8H2,1-2H3,(H2,16,20)(H,18,19). The summed E-state index contributed by atoms with van der Waals surface area (Å²) in [4.78, 5) is 12.0. The Morgan fingerprint density at radius 3 is 2.80 bits per heavy atom. The van der Waals surface area contributed by atoms with E-state index in [0.717, 1.165) is 22.1 Å². The number of anilines is 1. The lowest BCUT2D eigenvalue weighted by molar-refractivity contribution is -0.121. The summed E-state index contributed by atoms with van der Waals surface area (Å²) in [5.41, 5.74) is 7.32. The summed E-state index contributed by atoms with van der Waals surface area (Å²) >= 11 is 8.46. The zero-order chi connectivity index (χ0) is 15.1. The molecule has 0 aliphatic heterocycles. The van der Waals surface area contributed by atoms with Gasteiger partial charge in [-0.15, -0.1) is 0 Å². The van der Waals surface area contributed by atoms with E-state index in [1.807, 2.05) is 32.0 Å². The van der Waals surface area contributed by atoms with Crippen LogP contribution in [0.2, 0.25) is 0 Å². The Hall–Kier alpha value is -1.14. The fourth-order valence-electron chi connectivity index (χ4n) is 1.68. The molecule has 6 heteroatoms. The van der Waals surface area contributed by atoms with E-state index in [1.165, 1.54) is 0 Å². The second-order valence-corrected chi connectivity index (χ2v) is 5.87. The molecule has 0 saturated heterocycles. The van der Waals surface area contributed by atoms with Gasteiger partial charge in [-0.1, -0.05) is 25.2 Å². The molecule has 0 aliphatic carbocycles. The molecule has 1 rings (SSSR count). The van der Waals surface area contributed by atoms with Gasteiger partial charge in [0.1, 0.15) is 4.99 Å². The second-order valence-electron chi connectivity index (χ2n) is 4.58. The topological polar surface area (TPSA) is 67.2 Å². The predicted octanol–water partition coefficient (Wildman–Crippen LogP) is 2.80. The quantitative estimate of drug-likeness (QED) is 0.656. The van der Waals surface area contributed by atoms with Crippen molar-refractivity contribution >= 4 is 44.7 Å². The number of carbonyl (C=O) groups excluding carboxylic acids is 1. The molecular formula is C14H20BrN3OS. The van der Waals surface area contributed by atoms with Crippen molar-refractivity contribution in [2.75, 3.05) is 11.9 Å². The summed E-state index contributed by atoms with van der Waals surface area (Å²) in [5, 5.41) is 6.13. The highest BCUT2D eigenvalue weighted by Gasteiger charge is 2.10. The lowest BCUT2D eigenvalue weighted by atomic mass is 10.1. The Bertz CT molecular complexity index is 493. The number of hydrogen-bond donors (Lipinski definition) is 3. The monoisotopic (exact) mass is 357 g/mol. The van der Waals surface area contributed by atoms with E-state index in [2.05, 4.69) is 26.6 Å². The first-order chi connectivity index (χ1) is 9.45. The maximum atomic E-state index is 11.7. The van der Waals surface area contributed by atoms with Gasteiger partial charge in [-0.3, -0.25) is 4.79 Å². The van der Waals surface area contributed by atoms with Crippen molar-refractivity contribution in [3.8, 4) is 0 Å². The average molecular weight is 358 g/mol. The van der Waals surface area contributed by atoms with Crippen LogP contribution in [-0.2, 0) is 4.79 Å². The van der Waals surface area contributed by atoms with Crippen LogP contribution in [0, 0.1) is 0 Å². The molecule has 0 radical (unpaired) electrons. The van der Waals surface area contributed by atoms with E-state index in [1.54, 1.807) is 0 Å². The number of amides is 1. The number of benzene rings is 1. The Kier molecular flexibility index (Phi) is 6.95. The first-order valence-electron chi connectivity index (χ1n) is 6.57. The molecule has 1 amide bonds. The van der Waals surface area contributed by atoms with Crippen molar-refractivity contribution in [3.05, 3.63) is 28.2 Å². The van der Waals surface area contributed by atoms with Gasteiger partial charge in [-0.25, -0.2) is 0 Å². The van der Waals surface area contributed by atoms with Crippen LogP contribution in [-0.4, -0.2) is 23.5 Å². The SMILES string of the molecule is CCC(C)NC(=O)CCNc1cccc(Br)c1C(N)=S. The summed E-state index contributed by atoms with van der Waals surface area (Å²) in [5.74, 6) is 0.0405. The van der Waals surface area contributed by atoms with Gasteiger partial charge < -0.3 is 16.4 Å². The van der Waals surface area contributed by atoms with Crippen LogP contribution in [0.1, 0.15) is 32.3 Å². The number of halogens is 1. The molecule has 0 aromatic heterocycles. The van der Waals surface area contributed by atoms with Gasteiger partial charge >= 0.3 is 0 Å². The van der Waals surface area contributed by atoms with Gasteiger partial charge in [0.25, 0.3) is 0 Å². The molecule has 0 saturated carbocycles. The van der Waals surface area contributed by atoms with Gasteiger partial charge in [0.05, 0.1) is 0 Å². The molecule has 20 heavy (non-hydrogen) atoms. The molecule has 4 N–H and O–H groups in total. The second kappa shape index (κ2) is 8.21. The molecule has 0 fully saturated rings. The van der Waals surface area contributed by atoms with Crippen LogP contribution in [0.3, 0.4) is 0 Å². The molecular weight excluding hydrogens is 338 g/mol. The van der Waals surface area contributed by atoms with Crippen molar-refractivity contribution in [1.82, 2.24) is 5.32 Å². The largest absolute Gasteiger partial charge is 0.389 e. The smallest absolute Gasteiger partial charge is 0.221 e. The number of hydrogen-bond acceptors (Lipinski definition) is 3. The third-order valence-corrected chi connectivity index (χ3v) is 3.81. The normalized spacial score (nSPS) is 11.8. The maximum Gasteiger partial charge on any atom is 0.221 e. The van der Waals surface area contributed by atoms with Crippen LogP contribution in [0.4, 0.5) is 5.69 Å². The zero-order valence-corrected chi connectivity index (χ0v) is 14.1. The van der Waals surface area contributed by atoms with Crippen LogP contribution in [0.5, 0.6) is 0 Å². The van der Waals surface area contributed by atoms with Gasteiger partial charge in [-0.05, 0) is 41.4 Å². The highest BCUT2D eigenvalue weighted by molar-refractivity contribution is 9.10. The maximum absolute atomic E-state index is 11.7. The van der Waals surface area contributed by atoms with Crippen molar-refractivity contribution < 1.29 is 4.79 Å². The molecule has 1 aromatic carbocycles. The van der Waals surface area contributed by atoms with E-state index in [0.29, 0.717) is 18.0 Å². The van der Waals surface area contributed by atoms with Gasteiger partial charge in [0, 0.05) is 34.7 Å². The van der Waals surface area contributed by atoms with E-state index in [4.69, 9.17) is 18.0 Å². The highest BCUT2D eigenvalue weighted by Crippen LogP contribution is 2.24. The molecule has 110 valence electrons. The molecule has 0 aliphatic rings. The minimum Gasteiger partial charge on any atom is -0.389 e. The van der Waals surface area contributed by atoms with Crippen LogP contribution < -0.4 is 16.4 Å². The number of rotatable bonds is 7. The highest BCUT2D eigenvalue weighted by atomic mass is 79.9. The van der Waals surface area contributed by atoms with Crippen LogP contribution in [0.25, 0.3) is 0 Å². The summed E-state index contributed by atoms with van der Waals surface area (Å²) in [6.07, 6.45) is 1.34. The molecule has 0 bridgehead atoms. The van der Waals surface area contributed by atoms with Crippen LogP contribution in [0.15, 0.2) is 22.7 Å². The van der Waals surface area contributed by atoms with E-state index < -0.39 is 0 Å². The third kappa shape index (κ3) is 5.09. The lowest BCUT2D eigenvalue weighted by Crippen LogP contribution is -2.33. The minimum absolute atomic E-state index is 0.0405.